The van der Waals surface area contributed by atoms with E-state index in [9.17, 15) is 4.79 Å². The van der Waals surface area contributed by atoms with Gasteiger partial charge in [0.15, 0.2) is 5.78 Å². The van der Waals surface area contributed by atoms with E-state index < -0.39 is 0 Å². The second-order valence-corrected chi connectivity index (χ2v) is 4.07. The van der Waals surface area contributed by atoms with Crippen molar-refractivity contribution >= 4 is 32.5 Å². The van der Waals surface area contributed by atoms with E-state index in [-0.39, 0.29) is 5.78 Å². The maximum atomic E-state index is 11.7. The highest BCUT2D eigenvalue weighted by Gasteiger charge is 2.10. The molecule has 0 aliphatic carbocycles. The maximum Gasteiger partial charge on any atom is 0.187 e. The zero-order valence-electron chi connectivity index (χ0n) is 8.03. The van der Waals surface area contributed by atoms with Crippen LogP contribution in [0.1, 0.15) is 10.4 Å². The van der Waals surface area contributed by atoms with Crippen molar-refractivity contribution in [1.82, 2.24) is 0 Å². The van der Waals surface area contributed by atoms with Crippen LogP contribution in [0.25, 0.3) is 10.8 Å². The van der Waals surface area contributed by atoms with E-state index >= 15 is 0 Å². The Balaban J connectivity index is 2.85. The van der Waals surface area contributed by atoms with E-state index in [1.165, 1.54) is 6.08 Å². The maximum absolute atomic E-state index is 11.7. The molecular weight excluding hydrogens is 252 g/mol. The van der Waals surface area contributed by atoms with Crippen molar-refractivity contribution in [2.45, 2.75) is 0 Å². The highest BCUT2D eigenvalue weighted by Crippen LogP contribution is 2.26. The number of hydrogen-bond donors (Lipinski definition) is 0. The summed E-state index contributed by atoms with van der Waals surface area (Å²) >= 11 is 3.39. The first-order chi connectivity index (χ1) is 7.24. The first kappa shape index (κ1) is 10.1. The van der Waals surface area contributed by atoms with Crippen LogP contribution in [0.4, 0.5) is 0 Å². The highest BCUT2D eigenvalue weighted by atomic mass is 79.9. The molecule has 0 aliphatic heterocycles. The number of hydrogen-bond acceptors (Lipinski definition) is 1. The Morgan fingerprint density at radius 3 is 2.67 bits per heavy atom. The lowest BCUT2D eigenvalue weighted by Crippen LogP contribution is -1.96. The molecule has 0 bridgehead atoms. The van der Waals surface area contributed by atoms with E-state index in [4.69, 9.17) is 0 Å². The average molecular weight is 261 g/mol. The van der Waals surface area contributed by atoms with Gasteiger partial charge in [-0.05, 0) is 22.9 Å². The van der Waals surface area contributed by atoms with Gasteiger partial charge in [-0.3, -0.25) is 4.79 Å². The van der Waals surface area contributed by atoms with Gasteiger partial charge < -0.3 is 0 Å². The van der Waals surface area contributed by atoms with Gasteiger partial charge in [-0.2, -0.15) is 0 Å². The summed E-state index contributed by atoms with van der Waals surface area (Å²) < 4.78 is 0.811. The summed E-state index contributed by atoms with van der Waals surface area (Å²) in [6.07, 6.45) is 1.34. The first-order valence-electron chi connectivity index (χ1n) is 4.58. The molecule has 0 fully saturated rings. The molecule has 0 radical (unpaired) electrons. The first-order valence-corrected chi connectivity index (χ1v) is 5.37. The number of benzene rings is 2. The smallest absolute Gasteiger partial charge is 0.187 e. The van der Waals surface area contributed by atoms with Crippen LogP contribution in [0.2, 0.25) is 0 Å². The van der Waals surface area contributed by atoms with E-state index in [2.05, 4.69) is 22.5 Å². The van der Waals surface area contributed by atoms with Gasteiger partial charge in [0.25, 0.3) is 0 Å². The molecule has 0 unspecified atom stereocenters. The highest BCUT2D eigenvalue weighted by molar-refractivity contribution is 9.10. The molecule has 0 spiro atoms. The predicted octanol–water partition coefficient (Wildman–Crippen LogP) is 3.97. The van der Waals surface area contributed by atoms with Gasteiger partial charge in [0.1, 0.15) is 0 Å². The van der Waals surface area contributed by atoms with Crippen LogP contribution >= 0.6 is 15.9 Å². The Bertz CT molecular complexity index is 543. The Morgan fingerprint density at radius 2 is 1.93 bits per heavy atom. The fourth-order valence-corrected chi connectivity index (χ4v) is 2.14. The minimum Gasteiger partial charge on any atom is -0.289 e. The Kier molecular flexibility index (Phi) is 2.69. The molecule has 2 aromatic carbocycles. The third kappa shape index (κ3) is 1.73. The van der Waals surface area contributed by atoms with Gasteiger partial charge in [-0.15, -0.1) is 0 Å². The number of allylic oxidation sites excluding steroid dienone is 1. The number of carbonyl (C=O) groups excluding carboxylic acids is 1. The van der Waals surface area contributed by atoms with Gasteiger partial charge in [-0.25, -0.2) is 0 Å². The molecule has 0 atom stereocenters. The van der Waals surface area contributed by atoms with E-state index in [0.29, 0.717) is 5.56 Å². The zero-order chi connectivity index (χ0) is 10.8. The molecule has 0 saturated carbocycles. The standard InChI is InChI=1S/C13H9BrO/c1-2-12(15)13-10-6-4-3-5-9(10)7-8-11(13)14/h2-8H,1H2. The molecular formula is C13H9BrO. The second-order valence-electron chi connectivity index (χ2n) is 3.21. The van der Waals surface area contributed by atoms with E-state index in [0.717, 1.165) is 15.2 Å². The largest absolute Gasteiger partial charge is 0.289 e. The Morgan fingerprint density at radius 1 is 1.20 bits per heavy atom. The van der Waals surface area contributed by atoms with Gasteiger partial charge in [0.05, 0.1) is 0 Å². The number of fused-ring (bicyclic) bond motifs is 1. The van der Waals surface area contributed by atoms with Gasteiger partial charge in [0.2, 0.25) is 0 Å². The summed E-state index contributed by atoms with van der Waals surface area (Å²) in [4.78, 5) is 11.7. The summed E-state index contributed by atoms with van der Waals surface area (Å²) in [5, 5.41) is 2.02. The number of rotatable bonds is 2. The molecule has 0 amide bonds. The molecule has 0 N–H and O–H groups in total. The number of carbonyl (C=O) groups is 1. The molecule has 0 aliphatic rings. The third-order valence-electron chi connectivity index (χ3n) is 2.31. The van der Waals surface area contributed by atoms with Gasteiger partial charge >= 0.3 is 0 Å². The summed E-state index contributed by atoms with van der Waals surface area (Å²) in [6.45, 7) is 3.51. The lowest BCUT2D eigenvalue weighted by molar-refractivity contribution is 0.104. The number of halogens is 1. The van der Waals surface area contributed by atoms with Crippen LogP contribution in [-0.4, -0.2) is 5.78 Å². The molecule has 2 aromatic rings. The zero-order valence-corrected chi connectivity index (χ0v) is 9.62. The van der Waals surface area contributed by atoms with Crippen molar-refractivity contribution in [2.24, 2.45) is 0 Å². The van der Waals surface area contributed by atoms with E-state index in [1.807, 2.05) is 36.4 Å². The Labute approximate surface area is 96.5 Å². The van der Waals surface area contributed by atoms with Crippen molar-refractivity contribution in [3.8, 4) is 0 Å². The van der Waals surface area contributed by atoms with Crippen LogP contribution in [0.3, 0.4) is 0 Å². The molecule has 0 aromatic heterocycles. The lowest BCUT2D eigenvalue weighted by Gasteiger charge is -2.05. The van der Waals surface area contributed by atoms with Crippen molar-refractivity contribution < 1.29 is 4.79 Å². The predicted molar refractivity (Wildman–Crippen MR) is 66.2 cm³/mol. The fraction of sp³-hybridized carbons (Fsp3) is 0. The summed E-state index contributed by atoms with van der Waals surface area (Å²) in [7, 11) is 0. The van der Waals surface area contributed by atoms with Crippen LogP contribution in [0.15, 0.2) is 53.5 Å². The fourth-order valence-electron chi connectivity index (χ4n) is 1.60. The number of ketones is 1. The minimum absolute atomic E-state index is 0.0568. The molecule has 2 heteroatoms. The second kappa shape index (κ2) is 3.99. The van der Waals surface area contributed by atoms with Crippen molar-refractivity contribution in [3.63, 3.8) is 0 Å². The topological polar surface area (TPSA) is 17.1 Å². The van der Waals surface area contributed by atoms with Crippen LogP contribution < -0.4 is 0 Å². The quantitative estimate of drug-likeness (QED) is 0.590. The van der Waals surface area contributed by atoms with Crippen LogP contribution in [0.5, 0.6) is 0 Å². The Hall–Kier alpha value is -1.41. The molecule has 1 nitrogen and oxygen atoms in total. The van der Waals surface area contributed by atoms with Crippen LogP contribution in [0, 0.1) is 0 Å². The van der Waals surface area contributed by atoms with Gasteiger partial charge in [-0.1, -0.05) is 52.8 Å². The van der Waals surface area contributed by atoms with Crippen molar-refractivity contribution in [2.75, 3.05) is 0 Å². The normalized spacial score (nSPS) is 10.2. The average Bonchev–Trinajstić information content (AvgIpc) is 2.28. The van der Waals surface area contributed by atoms with Crippen LogP contribution in [-0.2, 0) is 0 Å². The molecule has 0 heterocycles. The minimum atomic E-state index is -0.0568. The van der Waals surface area contributed by atoms with Gasteiger partial charge in [0, 0.05) is 10.0 Å². The monoisotopic (exact) mass is 260 g/mol. The summed E-state index contributed by atoms with van der Waals surface area (Å²) in [5.41, 5.74) is 0.683. The van der Waals surface area contributed by atoms with Crippen molar-refractivity contribution in [3.05, 3.63) is 59.1 Å². The van der Waals surface area contributed by atoms with Crippen molar-refractivity contribution in [1.29, 1.82) is 0 Å². The SMILES string of the molecule is C=CC(=O)c1c(Br)ccc2ccccc12. The van der Waals surface area contributed by atoms with E-state index in [1.54, 1.807) is 0 Å². The lowest BCUT2D eigenvalue weighted by atomic mass is 10.0. The molecule has 15 heavy (non-hydrogen) atoms. The molecule has 2 rings (SSSR count). The summed E-state index contributed by atoms with van der Waals surface area (Å²) in [6, 6.07) is 11.7. The summed E-state index contributed by atoms with van der Waals surface area (Å²) in [5.74, 6) is -0.0568. The third-order valence-corrected chi connectivity index (χ3v) is 2.97. The molecule has 0 saturated heterocycles. The molecule has 74 valence electrons.